The molecule has 0 saturated carbocycles. The van der Waals surface area contributed by atoms with Crippen LogP contribution in [-0.4, -0.2) is 50.7 Å². The molecule has 1 aliphatic rings. The number of nitrogens with one attached hydrogen (secondary N) is 1. The Morgan fingerprint density at radius 3 is 2.84 bits per heavy atom. The second kappa shape index (κ2) is 9.58. The number of benzene rings is 1. The maximum absolute atomic E-state index is 13.0. The fraction of sp³-hybridized carbons (Fsp3) is 0.391. The summed E-state index contributed by atoms with van der Waals surface area (Å²) in [6.45, 7) is 6.40. The van der Waals surface area contributed by atoms with Crippen LogP contribution in [0.2, 0.25) is 5.02 Å². The predicted octanol–water partition coefficient (Wildman–Crippen LogP) is 4.38. The van der Waals surface area contributed by atoms with Gasteiger partial charge in [-0.05, 0) is 44.9 Å². The summed E-state index contributed by atoms with van der Waals surface area (Å²) in [7, 11) is 0. The van der Waals surface area contributed by atoms with Gasteiger partial charge in [-0.2, -0.15) is 5.10 Å². The number of ether oxygens (including phenoxy) is 1. The van der Waals surface area contributed by atoms with Crippen molar-refractivity contribution in [1.82, 2.24) is 25.1 Å². The van der Waals surface area contributed by atoms with Gasteiger partial charge in [-0.15, -0.1) is 0 Å². The zero-order valence-corrected chi connectivity index (χ0v) is 18.5. The van der Waals surface area contributed by atoms with Gasteiger partial charge in [-0.1, -0.05) is 23.7 Å². The Balaban J connectivity index is 1.43. The predicted molar refractivity (Wildman–Crippen MR) is 119 cm³/mol. The zero-order chi connectivity index (χ0) is 21.8. The number of rotatable bonds is 6. The maximum Gasteiger partial charge on any atom is 0.271 e. The quantitative estimate of drug-likeness (QED) is 0.616. The summed E-state index contributed by atoms with van der Waals surface area (Å²) in [5, 5.41) is 7.81. The number of carbonyl (C=O) groups is 1. The smallest absolute Gasteiger partial charge is 0.271 e. The van der Waals surface area contributed by atoms with Crippen LogP contribution in [0.25, 0.3) is 11.3 Å². The van der Waals surface area contributed by atoms with Crippen molar-refractivity contribution in [3.05, 3.63) is 64.3 Å². The molecule has 1 amide bonds. The highest BCUT2D eigenvalue weighted by Crippen LogP contribution is 2.30. The van der Waals surface area contributed by atoms with Crippen LogP contribution in [-0.2, 0) is 11.3 Å². The molecule has 8 heteroatoms. The van der Waals surface area contributed by atoms with Gasteiger partial charge in [0.1, 0.15) is 11.5 Å². The molecular formula is C23H26ClN5O2. The number of carbonyl (C=O) groups excluding carboxylic acids is 1. The highest BCUT2D eigenvalue weighted by Gasteiger charge is 2.28. The van der Waals surface area contributed by atoms with Gasteiger partial charge >= 0.3 is 0 Å². The van der Waals surface area contributed by atoms with Gasteiger partial charge in [0, 0.05) is 48.0 Å². The van der Waals surface area contributed by atoms with Crippen molar-refractivity contribution in [2.45, 2.75) is 39.2 Å². The minimum Gasteiger partial charge on any atom is -0.377 e. The number of aromatic nitrogens is 4. The Morgan fingerprint density at radius 1 is 1.29 bits per heavy atom. The first-order chi connectivity index (χ1) is 15.0. The molecule has 0 spiro atoms. The van der Waals surface area contributed by atoms with Gasteiger partial charge in [0.25, 0.3) is 5.91 Å². The summed E-state index contributed by atoms with van der Waals surface area (Å²) in [6.07, 6.45) is 3.58. The summed E-state index contributed by atoms with van der Waals surface area (Å²) in [6, 6.07) is 9.22. The van der Waals surface area contributed by atoms with Crippen LogP contribution in [0.5, 0.6) is 0 Å². The molecule has 3 aromatic rings. The molecule has 3 heterocycles. The summed E-state index contributed by atoms with van der Waals surface area (Å²) in [4.78, 5) is 23.9. The Labute approximate surface area is 186 Å². The number of piperidine rings is 1. The van der Waals surface area contributed by atoms with Crippen molar-refractivity contribution in [1.29, 1.82) is 0 Å². The molecule has 7 nitrogen and oxygen atoms in total. The molecule has 0 aliphatic carbocycles. The van der Waals surface area contributed by atoms with E-state index in [1.54, 1.807) is 6.07 Å². The number of hydrogen-bond donors (Lipinski definition) is 1. The maximum atomic E-state index is 13.0. The van der Waals surface area contributed by atoms with E-state index in [9.17, 15) is 4.79 Å². The van der Waals surface area contributed by atoms with Crippen molar-refractivity contribution in [2.24, 2.45) is 0 Å². The van der Waals surface area contributed by atoms with Gasteiger partial charge in [-0.25, -0.2) is 9.97 Å². The Morgan fingerprint density at radius 2 is 2.10 bits per heavy atom. The number of halogens is 1. The molecule has 1 aliphatic heterocycles. The molecule has 1 fully saturated rings. The van der Waals surface area contributed by atoms with Gasteiger partial charge in [0.2, 0.25) is 0 Å². The molecule has 0 unspecified atom stereocenters. The lowest BCUT2D eigenvalue weighted by molar-refractivity contribution is 0.0704. The average Bonchev–Trinajstić information content (AvgIpc) is 3.28. The Kier molecular flexibility index (Phi) is 6.63. The lowest BCUT2D eigenvalue weighted by Gasteiger charge is -2.32. The number of aromatic amines is 1. The average molecular weight is 440 g/mol. The molecule has 2 aromatic heterocycles. The van der Waals surface area contributed by atoms with Crippen LogP contribution in [0.1, 0.15) is 53.3 Å². The van der Waals surface area contributed by atoms with Crippen molar-refractivity contribution < 1.29 is 9.53 Å². The van der Waals surface area contributed by atoms with Crippen LogP contribution < -0.4 is 0 Å². The van der Waals surface area contributed by atoms with E-state index in [1.807, 2.05) is 49.2 Å². The zero-order valence-electron chi connectivity index (χ0n) is 17.8. The fourth-order valence-corrected chi connectivity index (χ4v) is 4.13. The molecule has 1 aromatic carbocycles. The molecule has 1 N–H and O–H groups in total. The third-order valence-corrected chi connectivity index (χ3v) is 5.81. The van der Waals surface area contributed by atoms with Crippen LogP contribution in [0.4, 0.5) is 0 Å². The van der Waals surface area contributed by atoms with E-state index in [4.69, 9.17) is 21.3 Å². The molecule has 31 heavy (non-hydrogen) atoms. The largest absolute Gasteiger partial charge is 0.377 e. The topological polar surface area (TPSA) is 84.0 Å². The van der Waals surface area contributed by atoms with Gasteiger partial charge in [0.05, 0.1) is 18.0 Å². The van der Waals surface area contributed by atoms with Crippen molar-refractivity contribution >= 4 is 17.5 Å². The van der Waals surface area contributed by atoms with Crippen LogP contribution >= 0.6 is 11.6 Å². The Hall–Kier alpha value is -2.77. The SMILES string of the molecule is CCOCc1cnc(C)nc1C1CCN(C(=O)c2cc(-c3cccc(Cl)c3)n[nH]2)CC1. The standard InChI is InChI=1S/C23H26ClN5O2/c1-3-31-14-18-13-25-15(2)26-22(18)16-7-9-29(10-8-16)23(30)21-12-20(27-28-21)17-5-4-6-19(24)11-17/h4-6,11-13,16H,3,7-10,14H2,1-2H3,(H,27,28). The van der Waals surface area contributed by atoms with Crippen molar-refractivity contribution in [3.63, 3.8) is 0 Å². The molecule has 0 bridgehead atoms. The number of H-pyrrole nitrogens is 1. The number of aryl methyl sites for hydroxylation is 1. The minimum atomic E-state index is -0.0346. The van der Waals surface area contributed by atoms with Crippen LogP contribution in [0.3, 0.4) is 0 Å². The number of amides is 1. The highest BCUT2D eigenvalue weighted by atomic mass is 35.5. The first-order valence-corrected chi connectivity index (χ1v) is 10.9. The number of hydrogen-bond acceptors (Lipinski definition) is 5. The summed E-state index contributed by atoms with van der Waals surface area (Å²) < 4.78 is 5.59. The molecule has 162 valence electrons. The molecule has 0 atom stereocenters. The lowest BCUT2D eigenvalue weighted by Crippen LogP contribution is -2.38. The van der Waals surface area contributed by atoms with Gasteiger partial charge in [-0.3, -0.25) is 9.89 Å². The van der Waals surface area contributed by atoms with E-state index in [2.05, 4.69) is 15.2 Å². The lowest BCUT2D eigenvalue weighted by atomic mass is 9.90. The molecular weight excluding hydrogens is 414 g/mol. The number of nitrogens with zero attached hydrogens (tertiary/aromatic N) is 4. The second-order valence-corrected chi connectivity index (χ2v) is 8.14. The number of likely N-dealkylation sites (tertiary alicyclic amines) is 1. The monoisotopic (exact) mass is 439 g/mol. The highest BCUT2D eigenvalue weighted by molar-refractivity contribution is 6.30. The van der Waals surface area contributed by atoms with Crippen LogP contribution in [0, 0.1) is 6.92 Å². The van der Waals surface area contributed by atoms with Crippen LogP contribution in [0.15, 0.2) is 36.5 Å². The second-order valence-electron chi connectivity index (χ2n) is 7.71. The van der Waals surface area contributed by atoms with Gasteiger partial charge < -0.3 is 9.64 Å². The first-order valence-electron chi connectivity index (χ1n) is 10.6. The van der Waals surface area contributed by atoms with E-state index in [1.165, 1.54) is 0 Å². The third-order valence-electron chi connectivity index (χ3n) is 5.58. The van der Waals surface area contributed by atoms with Crippen molar-refractivity contribution in [3.8, 4) is 11.3 Å². The minimum absolute atomic E-state index is 0.0346. The summed E-state index contributed by atoms with van der Waals surface area (Å²) in [5.74, 6) is 1.03. The van der Waals surface area contributed by atoms with E-state index >= 15 is 0 Å². The molecule has 0 radical (unpaired) electrons. The molecule has 1 saturated heterocycles. The molecule has 4 rings (SSSR count). The first kappa shape index (κ1) is 21.5. The Bertz CT molecular complexity index is 1060. The van der Waals surface area contributed by atoms with Gasteiger partial charge in [0.15, 0.2) is 0 Å². The summed E-state index contributed by atoms with van der Waals surface area (Å²) >= 11 is 6.07. The van der Waals surface area contributed by atoms with Crippen molar-refractivity contribution in [2.75, 3.05) is 19.7 Å². The van der Waals surface area contributed by atoms with E-state index in [0.717, 1.165) is 35.5 Å². The third kappa shape index (κ3) is 4.94. The fourth-order valence-electron chi connectivity index (χ4n) is 3.94. The normalized spacial score (nSPS) is 14.7. The van der Waals surface area contributed by atoms with E-state index in [-0.39, 0.29) is 5.91 Å². The summed E-state index contributed by atoms with van der Waals surface area (Å²) in [5.41, 5.74) is 4.17. The van der Waals surface area contributed by atoms with E-state index in [0.29, 0.717) is 48.6 Å². The van der Waals surface area contributed by atoms with E-state index < -0.39 is 0 Å².